The van der Waals surface area contributed by atoms with Crippen LogP contribution in [0.1, 0.15) is 88.6 Å². The van der Waals surface area contributed by atoms with E-state index in [-0.39, 0.29) is 65.4 Å². The molecule has 2 radical (unpaired) electrons. The van der Waals surface area contributed by atoms with Crippen molar-refractivity contribution in [2.45, 2.75) is 90.0 Å². The Labute approximate surface area is 363 Å². The molecule has 0 aliphatic rings. The van der Waals surface area contributed by atoms with Gasteiger partial charge in [0.25, 0.3) is 0 Å². The van der Waals surface area contributed by atoms with E-state index in [1.165, 1.54) is 5.56 Å². The fourth-order valence-corrected chi connectivity index (χ4v) is 3.45. The van der Waals surface area contributed by atoms with E-state index in [2.05, 4.69) is 39.0 Å². The molecule has 0 N–H and O–H groups in total. The third-order valence-corrected chi connectivity index (χ3v) is 5.35. The number of rotatable bonds is 3. The molecule has 2 aromatic heterocycles. The van der Waals surface area contributed by atoms with Crippen LogP contribution < -0.4 is 0 Å². The molecule has 2 heterocycles. The quantitative estimate of drug-likeness (QED) is 0.178. The average molecular weight is 839 g/mol. The minimum atomic E-state index is 0. The second-order valence-electron chi connectivity index (χ2n) is 8.13. The summed E-state index contributed by atoms with van der Waals surface area (Å²) in [4.78, 5) is 17.1. The monoisotopic (exact) mass is 838 g/mol. The molecule has 6 rings (SSSR count). The molecule has 4 nitrogen and oxygen atoms in total. The Morgan fingerprint density at radius 2 is 0.627 bits per heavy atom. The first kappa shape index (κ1) is 57.6. The summed E-state index contributed by atoms with van der Waals surface area (Å²) in [5.74, 6) is 0. The molecule has 0 saturated heterocycles. The van der Waals surface area contributed by atoms with Gasteiger partial charge in [0.15, 0.2) is 0 Å². The van der Waals surface area contributed by atoms with Gasteiger partial charge in [0, 0.05) is 94.5 Å². The Balaban J connectivity index is -0.000000187. The summed E-state index contributed by atoms with van der Waals surface area (Å²) in [7, 11) is 0. The van der Waals surface area contributed by atoms with Crippen LogP contribution in [0.2, 0.25) is 0 Å². The van der Waals surface area contributed by atoms with Gasteiger partial charge in [0.05, 0.1) is 35.7 Å². The molecule has 0 spiro atoms. The average Bonchev–Trinajstić information content (AvgIpc) is 3.24. The van der Waals surface area contributed by atoms with Crippen LogP contribution in [0.3, 0.4) is 0 Å². The fourth-order valence-electron chi connectivity index (χ4n) is 3.45. The number of hydrogen-bond donors (Lipinski definition) is 0. The van der Waals surface area contributed by atoms with Gasteiger partial charge in [-0.25, -0.2) is 4.98 Å². The summed E-state index contributed by atoms with van der Waals surface area (Å²) in [6.07, 6.45) is 8.72. The Kier molecular flexibility index (Phi) is 51.1. The van der Waals surface area contributed by atoms with Crippen molar-refractivity contribution in [1.82, 2.24) is 19.9 Å². The maximum absolute atomic E-state index is 4.65. The summed E-state index contributed by atoms with van der Waals surface area (Å²) < 4.78 is 0. The standard InChI is InChI=1S/C16H12N2.C10H8N2.C7H8.6C2H6.2Y/c1-3-7-13(8-4-1)15-11-17-12-16(18-15)14-9-5-2-6-10-14;1-2-4-9(5-3-1)10-8-11-6-7-12-10;1-7-5-3-2-4-6-7;6*1-2;;/h1-12H;1-8H;2-6H,1H3;6*1-2H3;;. The summed E-state index contributed by atoms with van der Waals surface area (Å²) in [5, 5.41) is 0. The Hall–Kier alpha value is -2.75. The predicted molar refractivity (Wildman–Crippen MR) is 220 cm³/mol. The number of aromatic nitrogens is 4. The summed E-state index contributed by atoms with van der Waals surface area (Å²) in [6, 6.07) is 40.4. The molecule has 0 bridgehead atoms. The van der Waals surface area contributed by atoms with Gasteiger partial charge in [-0.2, -0.15) is 0 Å². The normalized spacial score (nSPS) is 7.78. The summed E-state index contributed by atoms with van der Waals surface area (Å²) in [5.41, 5.74) is 7.31. The van der Waals surface area contributed by atoms with Crippen molar-refractivity contribution in [3.8, 4) is 33.8 Å². The molecule has 0 amide bonds. The van der Waals surface area contributed by atoms with Crippen LogP contribution in [0.4, 0.5) is 0 Å². The van der Waals surface area contributed by atoms with Crippen LogP contribution in [-0.2, 0) is 65.4 Å². The topological polar surface area (TPSA) is 51.6 Å². The first-order valence-electron chi connectivity index (χ1n) is 18.1. The maximum atomic E-state index is 4.65. The number of nitrogens with zero attached hydrogens (tertiary/aromatic N) is 4. The minimum Gasteiger partial charge on any atom is -0.261 e. The van der Waals surface area contributed by atoms with E-state index < -0.39 is 0 Å². The number of aryl methyl sites for hydroxylation is 1. The largest absolute Gasteiger partial charge is 0.261 e. The van der Waals surface area contributed by atoms with Gasteiger partial charge in [-0.05, 0) is 6.92 Å². The predicted octanol–water partition coefficient (Wildman–Crippen LogP) is 14.1. The summed E-state index contributed by atoms with van der Waals surface area (Å²) >= 11 is 0. The van der Waals surface area contributed by atoms with Crippen molar-refractivity contribution >= 4 is 0 Å². The van der Waals surface area contributed by atoms with E-state index in [9.17, 15) is 0 Å². The smallest absolute Gasteiger partial charge is 0.0892 e. The first-order chi connectivity index (χ1) is 24.3. The minimum absolute atomic E-state index is 0. The number of hydrogen-bond acceptors (Lipinski definition) is 4. The van der Waals surface area contributed by atoms with Gasteiger partial charge >= 0.3 is 0 Å². The molecule has 0 atom stereocenters. The second kappa shape index (κ2) is 45.3. The maximum Gasteiger partial charge on any atom is 0.0892 e. The van der Waals surface area contributed by atoms with Gasteiger partial charge in [-0.1, -0.05) is 210 Å². The van der Waals surface area contributed by atoms with Crippen molar-refractivity contribution < 1.29 is 65.4 Å². The summed E-state index contributed by atoms with van der Waals surface area (Å²) in [6.45, 7) is 26.1. The van der Waals surface area contributed by atoms with Gasteiger partial charge in [-0.15, -0.1) is 0 Å². The molecule has 0 unspecified atom stereocenters. The molecule has 0 fully saturated rings. The Morgan fingerprint density at radius 3 is 0.902 bits per heavy atom. The molecule has 0 aliphatic heterocycles. The van der Waals surface area contributed by atoms with E-state index in [1.807, 2.05) is 192 Å². The second-order valence-corrected chi connectivity index (χ2v) is 8.13. The zero-order chi connectivity index (χ0) is 37.5. The molecule has 51 heavy (non-hydrogen) atoms. The van der Waals surface area contributed by atoms with Crippen molar-refractivity contribution in [2.24, 2.45) is 0 Å². The molecule has 6 aromatic rings. The van der Waals surface area contributed by atoms with Crippen LogP contribution in [0, 0.1) is 6.92 Å². The van der Waals surface area contributed by atoms with Crippen LogP contribution >= 0.6 is 0 Å². The molecular weight excluding hydrogens is 774 g/mol. The molecule has 0 aliphatic carbocycles. The Morgan fingerprint density at radius 1 is 0.333 bits per heavy atom. The van der Waals surface area contributed by atoms with Crippen molar-refractivity contribution in [2.75, 3.05) is 0 Å². The molecule has 0 saturated carbocycles. The molecule has 6 heteroatoms. The van der Waals surface area contributed by atoms with Gasteiger partial charge in [0.1, 0.15) is 0 Å². The fraction of sp³-hybridized carbons (Fsp3) is 0.289. The third-order valence-electron chi connectivity index (χ3n) is 5.35. The van der Waals surface area contributed by atoms with E-state index >= 15 is 0 Å². The van der Waals surface area contributed by atoms with Crippen LogP contribution in [0.25, 0.3) is 33.8 Å². The zero-order valence-electron chi connectivity index (χ0n) is 33.9. The van der Waals surface area contributed by atoms with Crippen molar-refractivity contribution in [1.29, 1.82) is 0 Å². The molecule has 270 valence electrons. The van der Waals surface area contributed by atoms with Gasteiger partial charge in [0.2, 0.25) is 0 Å². The van der Waals surface area contributed by atoms with Crippen LogP contribution in [0.15, 0.2) is 152 Å². The van der Waals surface area contributed by atoms with Crippen molar-refractivity contribution in [3.63, 3.8) is 0 Å². The Bertz CT molecular complexity index is 1360. The zero-order valence-corrected chi connectivity index (χ0v) is 39.6. The van der Waals surface area contributed by atoms with Crippen LogP contribution in [-0.4, -0.2) is 19.9 Å². The number of benzene rings is 4. The van der Waals surface area contributed by atoms with E-state index in [1.54, 1.807) is 31.0 Å². The van der Waals surface area contributed by atoms with Gasteiger partial charge < -0.3 is 0 Å². The van der Waals surface area contributed by atoms with E-state index in [4.69, 9.17) is 0 Å². The van der Waals surface area contributed by atoms with Gasteiger partial charge in [-0.3, -0.25) is 15.0 Å². The molecular formula is C45H64N4Y2. The van der Waals surface area contributed by atoms with Crippen LogP contribution in [0.5, 0.6) is 0 Å². The first-order valence-corrected chi connectivity index (χ1v) is 18.1. The third kappa shape index (κ3) is 27.6. The van der Waals surface area contributed by atoms with Crippen molar-refractivity contribution in [3.05, 3.63) is 158 Å². The SMILES string of the molecule is CC.CC.CC.CC.CC.CC.Cc1ccccc1.[Y].[Y].c1ccc(-c2cncc(-c3ccccc3)n2)cc1.c1ccc(-c2cnccn2)cc1. The molecule has 4 aromatic carbocycles. The van der Waals surface area contributed by atoms with E-state index in [0.717, 1.165) is 33.8 Å². The van der Waals surface area contributed by atoms with E-state index in [0.29, 0.717) is 0 Å².